The van der Waals surface area contributed by atoms with E-state index >= 15 is 0 Å². The quantitative estimate of drug-likeness (QED) is 0.547. The first-order valence-electron chi connectivity index (χ1n) is 7.66. The highest BCUT2D eigenvalue weighted by Crippen LogP contribution is 2.19. The molecule has 0 aliphatic rings. The smallest absolute Gasteiger partial charge is 0.320 e. The summed E-state index contributed by atoms with van der Waals surface area (Å²) in [7, 11) is 0. The number of carbonyl (C=O) groups is 1. The zero-order valence-electron chi connectivity index (χ0n) is 13.5. The van der Waals surface area contributed by atoms with Gasteiger partial charge in [0.25, 0.3) is 5.91 Å². The van der Waals surface area contributed by atoms with E-state index < -0.39 is 10.8 Å². The predicted octanol–water partition coefficient (Wildman–Crippen LogP) is 2.31. The third-order valence-electron chi connectivity index (χ3n) is 3.59. The van der Waals surface area contributed by atoms with Gasteiger partial charge in [0.05, 0.1) is 11.5 Å². The molecule has 1 N–H and O–H groups in total. The molecular formula is C16H16N6O3. The van der Waals surface area contributed by atoms with Crippen LogP contribution in [0.25, 0.3) is 0 Å². The highest BCUT2D eigenvalue weighted by molar-refractivity contribution is 6.05. The Kier molecular flexibility index (Phi) is 4.55. The van der Waals surface area contributed by atoms with Crippen LogP contribution >= 0.6 is 0 Å². The lowest BCUT2D eigenvalue weighted by molar-refractivity contribution is -0.385. The Hall–Kier alpha value is -3.49. The molecule has 0 aliphatic heterocycles. The van der Waals surface area contributed by atoms with Crippen molar-refractivity contribution in [3.8, 4) is 0 Å². The van der Waals surface area contributed by atoms with E-state index in [1.165, 1.54) is 10.9 Å². The van der Waals surface area contributed by atoms with Gasteiger partial charge in [-0.2, -0.15) is 10.2 Å². The summed E-state index contributed by atoms with van der Waals surface area (Å²) in [5.74, 6) is -0.612. The van der Waals surface area contributed by atoms with Crippen LogP contribution in [0.2, 0.25) is 0 Å². The van der Waals surface area contributed by atoms with E-state index in [0.717, 1.165) is 5.56 Å². The molecule has 1 amide bonds. The second kappa shape index (κ2) is 6.95. The third-order valence-corrected chi connectivity index (χ3v) is 3.59. The van der Waals surface area contributed by atoms with Gasteiger partial charge in [-0.25, -0.2) is 0 Å². The molecule has 2 heterocycles. The molecule has 0 fully saturated rings. The summed E-state index contributed by atoms with van der Waals surface area (Å²) in [4.78, 5) is 22.8. The minimum atomic E-state index is -0.612. The number of hydrogen-bond donors (Lipinski definition) is 1. The Labute approximate surface area is 143 Å². The largest absolute Gasteiger partial charge is 0.320 e. The molecule has 2 aromatic heterocycles. The second-order valence-corrected chi connectivity index (χ2v) is 5.33. The molecular weight excluding hydrogens is 324 g/mol. The fourth-order valence-corrected chi connectivity index (χ4v) is 2.33. The van der Waals surface area contributed by atoms with Crippen molar-refractivity contribution in [1.29, 1.82) is 0 Å². The molecule has 0 radical (unpaired) electrons. The van der Waals surface area contributed by atoms with Crippen molar-refractivity contribution in [2.75, 3.05) is 5.32 Å². The van der Waals surface area contributed by atoms with Crippen LogP contribution in [0.5, 0.6) is 0 Å². The van der Waals surface area contributed by atoms with Crippen LogP contribution in [0.15, 0.2) is 48.9 Å². The van der Waals surface area contributed by atoms with Gasteiger partial charge < -0.3 is 5.32 Å². The highest BCUT2D eigenvalue weighted by Gasteiger charge is 2.25. The van der Waals surface area contributed by atoms with E-state index in [0.29, 0.717) is 18.8 Å². The van der Waals surface area contributed by atoms with E-state index in [9.17, 15) is 14.9 Å². The van der Waals surface area contributed by atoms with E-state index in [2.05, 4.69) is 15.5 Å². The molecule has 9 nitrogen and oxygen atoms in total. The number of nitrogens with zero attached hydrogens (tertiary/aromatic N) is 5. The lowest BCUT2D eigenvalue weighted by Crippen LogP contribution is -2.14. The maximum Gasteiger partial charge on any atom is 0.320 e. The first-order chi connectivity index (χ1) is 12.1. The van der Waals surface area contributed by atoms with Gasteiger partial charge in [-0.15, -0.1) is 0 Å². The zero-order chi connectivity index (χ0) is 17.8. The van der Waals surface area contributed by atoms with Gasteiger partial charge in [0.1, 0.15) is 6.20 Å². The van der Waals surface area contributed by atoms with E-state index in [-0.39, 0.29) is 11.4 Å². The van der Waals surface area contributed by atoms with Crippen LogP contribution in [0.3, 0.4) is 0 Å². The maximum atomic E-state index is 12.3. The predicted molar refractivity (Wildman–Crippen MR) is 90.3 cm³/mol. The Morgan fingerprint density at radius 3 is 2.64 bits per heavy atom. The molecule has 0 unspecified atom stereocenters. The Morgan fingerprint density at radius 2 is 2.04 bits per heavy atom. The Bertz CT molecular complexity index is 883. The number of amides is 1. The van der Waals surface area contributed by atoms with Crippen molar-refractivity contribution >= 4 is 17.3 Å². The van der Waals surface area contributed by atoms with Gasteiger partial charge >= 0.3 is 5.69 Å². The van der Waals surface area contributed by atoms with Gasteiger partial charge in [0.15, 0.2) is 0 Å². The summed E-state index contributed by atoms with van der Waals surface area (Å²) < 4.78 is 3.15. The van der Waals surface area contributed by atoms with Gasteiger partial charge in [0, 0.05) is 24.6 Å². The molecule has 3 rings (SSSR count). The molecule has 0 atom stereocenters. The van der Waals surface area contributed by atoms with E-state index in [1.54, 1.807) is 29.9 Å². The standard InChI is InChI=1S/C16H16N6O3/c1-2-20-11-14(22(24)25)15(19-20)16(23)18-13-6-4-12(5-7-13)10-21-9-3-8-17-21/h3-9,11H,2,10H2,1H3,(H,18,23). The van der Waals surface area contributed by atoms with Crippen LogP contribution in [-0.4, -0.2) is 30.4 Å². The molecule has 0 saturated heterocycles. The number of carbonyl (C=O) groups excluding carboxylic acids is 1. The van der Waals surface area contributed by atoms with Crippen molar-refractivity contribution in [3.63, 3.8) is 0 Å². The van der Waals surface area contributed by atoms with Crippen LogP contribution in [0, 0.1) is 10.1 Å². The van der Waals surface area contributed by atoms with Crippen molar-refractivity contribution < 1.29 is 9.72 Å². The van der Waals surface area contributed by atoms with Crippen molar-refractivity contribution in [1.82, 2.24) is 19.6 Å². The van der Waals surface area contributed by atoms with Gasteiger partial charge in [0.2, 0.25) is 5.69 Å². The van der Waals surface area contributed by atoms with Gasteiger partial charge in [-0.3, -0.25) is 24.3 Å². The van der Waals surface area contributed by atoms with Crippen LogP contribution in [0.4, 0.5) is 11.4 Å². The van der Waals surface area contributed by atoms with Crippen LogP contribution < -0.4 is 5.32 Å². The molecule has 0 spiro atoms. The lowest BCUT2D eigenvalue weighted by Gasteiger charge is -2.06. The summed E-state index contributed by atoms with van der Waals surface area (Å²) >= 11 is 0. The molecule has 1 aromatic carbocycles. The summed E-state index contributed by atoms with van der Waals surface area (Å²) in [5, 5.41) is 21.8. The number of aromatic nitrogens is 4. The molecule has 0 saturated carbocycles. The number of nitrogens with one attached hydrogen (secondary N) is 1. The molecule has 128 valence electrons. The number of aryl methyl sites for hydroxylation is 1. The van der Waals surface area contributed by atoms with E-state index in [1.807, 2.05) is 24.4 Å². The number of benzene rings is 1. The molecule has 9 heteroatoms. The van der Waals surface area contributed by atoms with Crippen LogP contribution in [-0.2, 0) is 13.1 Å². The summed E-state index contributed by atoms with van der Waals surface area (Å²) in [5.41, 5.74) is 1.04. The highest BCUT2D eigenvalue weighted by atomic mass is 16.6. The SMILES string of the molecule is CCn1cc([N+](=O)[O-])c(C(=O)Nc2ccc(Cn3cccn3)cc2)n1. The van der Waals surface area contributed by atoms with E-state index in [4.69, 9.17) is 0 Å². The molecule has 0 aliphatic carbocycles. The topological polar surface area (TPSA) is 108 Å². The van der Waals surface area contributed by atoms with Gasteiger partial charge in [-0.05, 0) is 30.7 Å². The molecule has 3 aromatic rings. The van der Waals surface area contributed by atoms with Crippen LogP contribution in [0.1, 0.15) is 23.0 Å². The Morgan fingerprint density at radius 1 is 1.28 bits per heavy atom. The number of nitro groups is 1. The van der Waals surface area contributed by atoms with Crippen molar-refractivity contribution in [2.24, 2.45) is 0 Å². The zero-order valence-corrected chi connectivity index (χ0v) is 13.5. The number of hydrogen-bond acceptors (Lipinski definition) is 5. The first kappa shape index (κ1) is 16.4. The average molecular weight is 340 g/mol. The summed E-state index contributed by atoms with van der Waals surface area (Å²) in [6.07, 6.45) is 4.82. The fourth-order valence-electron chi connectivity index (χ4n) is 2.33. The fraction of sp³-hybridized carbons (Fsp3) is 0.188. The molecule has 25 heavy (non-hydrogen) atoms. The Balaban J connectivity index is 1.73. The normalized spacial score (nSPS) is 10.6. The monoisotopic (exact) mass is 340 g/mol. The summed E-state index contributed by atoms with van der Waals surface area (Å²) in [6, 6.07) is 9.03. The minimum Gasteiger partial charge on any atom is -0.320 e. The maximum absolute atomic E-state index is 12.3. The number of anilines is 1. The summed E-state index contributed by atoms with van der Waals surface area (Å²) in [6.45, 7) is 2.85. The molecule has 0 bridgehead atoms. The van der Waals surface area contributed by atoms with Gasteiger partial charge in [-0.1, -0.05) is 12.1 Å². The van der Waals surface area contributed by atoms with Crippen molar-refractivity contribution in [2.45, 2.75) is 20.0 Å². The average Bonchev–Trinajstić information content (AvgIpc) is 3.26. The number of rotatable bonds is 6. The third kappa shape index (κ3) is 3.71. The minimum absolute atomic E-state index is 0.201. The van der Waals surface area contributed by atoms with Crippen molar-refractivity contribution in [3.05, 3.63) is 70.3 Å². The lowest BCUT2D eigenvalue weighted by atomic mass is 10.2. The second-order valence-electron chi connectivity index (χ2n) is 5.33. The first-order valence-corrected chi connectivity index (χ1v) is 7.66.